The summed E-state index contributed by atoms with van der Waals surface area (Å²) in [5.41, 5.74) is 1.22. The first-order valence-corrected chi connectivity index (χ1v) is 6.37. The van der Waals surface area contributed by atoms with Crippen LogP contribution in [0.1, 0.15) is 12.8 Å². The molecule has 0 aliphatic carbocycles. The molecule has 0 saturated carbocycles. The molecule has 0 unspecified atom stereocenters. The number of hydrogen-bond donors (Lipinski definition) is 0. The highest BCUT2D eigenvalue weighted by Gasteiger charge is 2.48. The second-order valence-electron chi connectivity index (χ2n) is 3.56. The minimum absolute atomic E-state index is 0. The molecule has 1 saturated heterocycles. The van der Waals surface area contributed by atoms with Crippen LogP contribution in [0, 0.1) is 0 Å². The molecule has 6 nitrogen and oxygen atoms in total. The largest absolute Gasteiger partial charge is 0.441 e. The lowest BCUT2D eigenvalue weighted by Crippen LogP contribution is -2.06. The Morgan fingerprint density at radius 3 is 2.56 bits per heavy atom. The van der Waals surface area contributed by atoms with Crippen LogP contribution >= 0.6 is 10.6 Å². The number of carbonyl (C=O) groups is 2. The smallest absolute Gasteiger partial charge is 0.412 e. The Bertz CT molecular complexity index is 412. The molecule has 0 amide bonds. The molecule has 0 radical (unpaired) electrons. The highest BCUT2D eigenvalue weighted by molar-refractivity contribution is 8.31. The van der Waals surface area contributed by atoms with E-state index in [1.165, 1.54) is 5.57 Å². The first kappa shape index (κ1) is 11.2. The van der Waals surface area contributed by atoms with Crippen molar-refractivity contribution in [3.8, 4) is 0 Å². The minimum Gasteiger partial charge on any atom is -0.412 e. The SMILES string of the molecule is O.O=C1OS2(CCC3=C2C=NCC3)OC1=O. The van der Waals surface area contributed by atoms with Gasteiger partial charge in [-0.05, 0) is 18.4 Å². The highest BCUT2D eigenvalue weighted by atomic mass is 32.3. The van der Waals surface area contributed by atoms with Gasteiger partial charge in [-0.15, -0.1) is 0 Å². The van der Waals surface area contributed by atoms with E-state index in [-0.39, 0.29) is 5.48 Å². The number of dihydropyridines is 1. The predicted octanol–water partition coefficient (Wildman–Crippen LogP) is 0.0286. The lowest BCUT2D eigenvalue weighted by Gasteiger charge is -2.32. The number of allylic oxidation sites excluding steroid dienone is 1. The van der Waals surface area contributed by atoms with Crippen LogP contribution in [-0.2, 0) is 18.0 Å². The fourth-order valence-electron chi connectivity index (χ4n) is 1.98. The average molecular weight is 245 g/mol. The third kappa shape index (κ3) is 1.35. The van der Waals surface area contributed by atoms with Gasteiger partial charge in [0.15, 0.2) is 0 Å². The van der Waals surface area contributed by atoms with Gasteiger partial charge in [0.2, 0.25) is 0 Å². The van der Waals surface area contributed by atoms with E-state index in [0.717, 1.165) is 24.3 Å². The van der Waals surface area contributed by atoms with Gasteiger partial charge in [-0.3, -0.25) is 4.99 Å². The van der Waals surface area contributed by atoms with Gasteiger partial charge in [0.1, 0.15) is 0 Å². The summed E-state index contributed by atoms with van der Waals surface area (Å²) in [6.45, 7) is 0.774. The monoisotopic (exact) mass is 245 g/mol. The van der Waals surface area contributed by atoms with Crippen LogP contribution in [0.3, 0.4) is 0 Å². The van der Waals surface area contributed by atoms with Crippen LogP contribution < -0.4 is 0 Å². The van der Waals surface area contributed by atoms with Crippen molar-refractivity contribution in [1.29, 1.82) is 0 Å². The van der Waals surface area contributed by atoms with E-state index >= 15 is 0 Å². The van der Waals surface area contributed by atoms with E-state index in [1.807, 2.05) is 0 Å². The first-order chi connectivity index (χ1) is 7.21. The molecule has 3 aliphatic heterocycles. The maximum Gasteiger partial charge on any atom is 0.441 e. The molecular weight excluding hydrogens is 234 g/mol. The predicted molar refractivity (Wildman–Crippen MR) is 57.9 cm³/mol. The zero-order valence-electron chi connectivity index (χ0n) is 8.39. The van der Waals surface area contributed by atoms with Crippen LogP contribution in [0.5, 0.6) is 0 Å². The van der Waals surface area contributed by atoms with Crippen molar-refractivity contribution in [2.24, 2.45) is 4.99 Å². The van der Waals surface area contributed by atoms with Crippen LogP contribution in [-0.4, -0.2) is 35.9 Å². The third-order valence-corrected chi connectivity index (χ3v) is 5.34. The van der Waals surface area contributed by atoms with Crippen LogP contribution in [0.15, 0.2) is 15.5 Å². The number of fused-ring (bicyclic) bond motifs is 1. The average Bonchev–Trinajstić information content (AvgIpc) is 2.72. The number of hydrogen-bond acceptors (Lipinski definition) is 5. The Balaban J connectivity index is 0.000000963. The summed E-state index contributed by atoms with van der Waals surface area (Å²) in [4.78, 5) is 27.1. The highest BCUT2D eigenvalue weighted by Crippen LogP contribution is 2.66. The fraction of sp³-hybridized carbons (Fsp3) is 0.444. The number of aliphatic imine (C=N–C) groups is 1. The fourth-order valence-corrected chi connectivity index (χ4v) is 4.60. The molecule has 0 atom stereocenters. The molecule has 88 valence electrons. The summed E-state index contributed by atoms with van der Waals surface area (Å²) in [6.07, 6.45) is 3.43. The Morgan fingerprint density at radius 1 is 1.19 bits per heavy atom. The van der Waals surface area contributed by atoms with Gasteiger partial charge < -0.3 is 13.8 Å². The molecule has 3 heterocycles. The normalized spacial score (nSPS) is 27.2. The second-order valence-corrected chi connectivity index (χ2v) is 5.97. The molecular formula is C9H11NO5S. The lowest BCUT2D eigenvalue weighted by molar-refractivity contribution is -0.150. The van der Waals surface area contributed by atoms with Gasteiger partial charge in [0.05, 0.1) is 10.7 Å². The quantitative estimate of drug-likeness (QED) is 0.562. The van der Waals surface area contributed by atoms with Gasteiger partial charge in [0, 0.05) is 12.8 Å². The summed E-state index contributed by atoms with van der Waals surface area (Å²) in [7, 11) is -2.09. The maximum absolute atomic E-state index is 11.1. The Kier molecular flexibility index (Phi) is 2.51. The number of carbonyl (C=O) groups excluding carboxylic acids is 2. The molecule has 7 heteroatoms. The Morgan fingerprint density at radius 2 is 1.88 bits per heavy atom. The summed E-state index contributed by atoms with van der Waals surface area (Å²) in [5, 5.41) is 0. The van der Waals surface area contributed by atoms with Gasteiger partial charge in [-0.1, -0.05) is 10.6 Å². The van der Waals surface area contributed by atoms with Crippen molar-refractivity contribution < 1.29 is 23.4 Å². The van der Waals surface area contributed by atoms with E-state index in [1.54, 1.807) is 6.21 Å². The minimum atomic E-state index is -2.09. The van der Waals surface area contributed by atoms with Crippen molar-refractivity contribution in [3.05, 3.63) is 10.5 Å². The molecule has 1 fully saturated rings. The van der Waals surface area contributed by atoms with E-state index in [2.05, 4.69) is 4.99 Å². The van der Waals surface area contributed by atoms with Crippen LogP contribution in [0.2, 0.25) is 0 Å². The third-order valence-electron chi connectivity index (χ3n) is 2.69. The number of nitrogens with zero attached hydrogens (tertiary/aromatic N) is 1. The van der Waals surface area contributed by atoms with Crippen molar-refractivity contribution in [2.45, 2.75) is 12.8 Å². The number of rotatable bonds is 0. The molecule has 0 bridgehead atoms. The van der Waals surface area contributed by atoms with Gasteiger partial charge in [-0.25, -0.2) is 9.59 Å². The summed E-state index contributed by atoms with van der Waals surface area (Å²) < 4.78 is 10.2. The van der Waals surface area contributed by atoms with Gasteiger partial charge in [0.25, 0.3) is 0 Å². The summed E-state index contributed by atoms with van der Waals surface area (Å²) >= 11 is 0. The first-order valence-electron chi connectivity index (χ1n) is 4.71. The zero-order chi connectivity index (χ0) is 10.5. The molecule has 0 aromatic heterocycles. The van der Waals surface area contributed by atoms with Crippen LogP contribution in [0.25, 0.3) is 0 Å². The molecule has 16 heavy (non-hydrogen) atoms. The van der Waals surface area contributed by atoms with E-state index in [9.17, 15) is 9.59 Å². The standard InChI is InChI=1S/C9H9NO4S.H2O/c11-8-9(12)14-15(13-8)4-2-6-1-3-10-5-7(6)15;/h5H,1-4H2;1H2. The topological polar surface area (TPSA) is 96.5 Å². The Labute approximate surface area is 93.4 Å². The summed E-state index contributed by atoms with van der Waals surface area (Å²) in [6, 6.07) is 0. The molecule has 3 aliphatic rings. The molecule has 1 spiro atoms. The Hall–Kier alpha value is -1.34. The van der Waals surface area contributed by atoms with Crippen LogP contribution in [0.4, 0.5) is 0 Å². The van der Waals surface area contributed by atoms with E-state index in [0.29, 0.717) is 5.75 Å². The van der Waals surface area contributed by atoms with E-state index < -0.39 is 22.5 Å². The van der Waals surface area contributed by atoms with Crippen molar-refractivity contribution in [1.82, 2.24) is 0 Å². The van der Waals surface area contributed by atoms with Gasteiger partial charge in [-0.2, -0.15) is 0 Å². The zero-order valence-corrected chi connectivity index (χ0v) is 9.21. The molecule has 0 aromatic carbocycles. The van der Waals surface area contributed by atoms with Crippen molar-refractivity contribution in [3.63, 3.8) is 0 Å². The second kappa shape index (κ2) is 3.60. The molecule has 0 aromatic rings. The summed E-state index contributed by atoms with van der Waals surface area (Å²) in [5.74, 6) is -1.11. The van der Waals surface area contributed by atoms with Crippen molar-refractivity contribution >= 4 is 28.7 Å². The lowest BCUT2D eigenvalue weighted by atomic mass is 10.1. The van der Waals surface area contributed by atoms with Crippen molar-refractivity contribution in [2.75, 3.05) is 12.3 Å². The van der Waals surface area contributed by atoms with E-state index in [4.69, 9.17) is 8.37 Å². The molecule has 3 rings (SSSR count). The van der Waals surface area contributed by atoms with Gasteiger partial charge >= 0.3 is 11.9 Å². The maximum atomic E-state index is 11.1. The molecule has 2 N–H and O–H groups in total.